The molecular formula is C22H25FN6O3S. The van der Waals surface area contributed by atoms with E-state index in [1.807, 2.05) is 23.7 Å². The normalized spacial score (nSPS) is 13.2. The summed E-state index contributed by atoms with van der Waals surface area (Å²) in [5, 5.41) is 6.44. The zero-order valence-electron chi connectivity index (χ0n) is 18.4. The Morgan fingerprint density at radius 3 is 2.76 bits per heavy atom. The summed E-state index contributed by atoms with van der Waals surface area (Å²) in [5.74, 6) is -0.344. The van der Waals surface area contributed by atoms with Gasteiger partial charge >= 0.3 is 6.03 Å². The fourth-order valence-electron chi connectivity index (χ4n) is 3.85. The highest BCUT2D eigenvalue weighted by Gasteiger charge is 2.26. The second-order valence-corrected chi connectivity index (χ2v) is 9.74. The van der Waals surface area contributed by atoms with Gasteiger partial charge in [0, 0.05) is 36.3 Å². The Morgan fingerprint density at radius 2 is 2.03 bits per heavy atom. The van der Waals surface area contributed by atoms with Crippen LogP contribution in [0.4, 0.5) is 14.9 Å². The van der Waals surface area contributed by atoms with E-state index in [2.05, 4.69) is 15.4 Å². The molecule has 3 aromatic rings. The minimum Gasteiger partial charge on any atom is -0.308 e. The van der Waals surface area contributed by atoms with Gasteiger partial charge in [-0.25, -0.2) is 13.9 Å². The minimum atomic E-state index is -4.19. The van der Waals surface area contributed by atoms with Crippen LogP contribution in [0.15, 0.2) is 47.9 Å². The molecule has 0 fully saturated rings. The number of fused-ring (bicyclic) bond motifs is 1. The molecule has 11 heteroatoms. The Labute approximate surface area is 191 Å². The van der Waals surface area contributed by atoms with E-state index in [9.17, 15) is 17.6 Å². The number of hydrogen-bond donors (Lipinski definition) is 2. The molecule has 0 saturated heterocycles. The number of carbonyl (C=O) groups is 1. The van der Waals surface area contributed by atoms with Crippen molar-refractivity contribution in [3.05, 3.63) is 59.8 Å². The van der Waals surface area contributed by atoms with E-state index in [0.29, 0.717) is 53.9 Å². The summed E-state index contributed by atoms with van der Waals surface area (Å²) < 4.78 is 43.6. The third-order valence-corrected chi connectivity index (χ3v) is 6.68. The first-order valence-corrected chi connectivity index (χ1v) is 12.0. The molecule has 2 heterocycles. The molecule has 174 valence electrons. The fraction of sp³-hybridized carbons (Fsp3) is 0.318. The van der Waals surface area contributed by atoms with Gasteiger partial charge in [-0.3, -0.25) is 9.67 Å². The lowest BCUT2D eigenvalue weighted by Gasteiger charge is -2.17. The molecule has 0 radical (unpaired) electrons. The van der Waals surface area contributed by atoms with Crippen LogP contribution in [0.1, 0.15) is 17.5 Å². The number of likely N-dealkylation sites (N-methyl/N-ethyl adjacent to an activating group) is 1. The first-order chi connectivity index (χ1) is 15.7. The van der Waals surface area contributed by atoms with Gasteiger partial charge in [0.15, 0.2) is 5.03 Å². The number of pyridine rings is 1. The van der Waals surface area contributed by atoms with Crippen molar-refractivity contribution in [1.29, 1.82) is 0 Å². The van der Waals surface area contributed by atoms with E-state index in [4.69, 9.17) is 0 Å². The molecule has 1 aliphatic carbocycles. The van der Waals surface area contributed by atoms with Crippen molar-refractivity contribution >= 4 is 21.7 Å². The topological polar surface area (TPSA) is 109 Å². The van der Waals surface area contributed by atoms with E-state index >= 15 is 0 Å². The fourth-order valence-corrected chi connectivity index (χ4v) is 4.70. The monoisotopic (exact) mass is 472 g/mol. The second kappa shape index (κ2) is 9.28. The molecule has 33 heavy (non-hydrogen) atoms. The molecule has 2 N–H and O–H groups in total. The summed E-state index contributed by atoms with van der Waals surface area (Å²) in [6.45, 7) is 1.19. The first kappa shape index (κ1) is 22.9. The van der Waals surface area contributed by atoms with Crippen LogP contribution in [0.2, 0.25) is 0 Å². The number of anilines is 1. The number of rotatable bonds is 7. The number of sulfonamides is 1. The average molecular weight is 473 g/mol. The Hall–Kier alpha value is -3.31. The van der Waals surface area contributed by atoms with Gasteiger partial charge < -0.3 is 10.2 Å². The van der Waals surface area contributed by atoms with Crippen molar-refractivity contribution in [2.45, 2.75) is 30.8 Å². The smallest absolute Gasteiger partial charge is 0.308 e. The van der Waals surface area contributed by atoms with Gasteiger partial charge in [0.25, 0.3) is 10.0 Å². The van der Waals surface area contributed by atoms with Crippen molar-refractivity contribution < 1.29 is 17.6 Å². The summed E-state index contributed by atoms with van der Waals surface area (Å²) in [5.41, 5.74) is 2.67. The van der Waals surface area contributed by atoms with Crippen LogP contribution in [0.3, 0.4) is 0 Å². The second-order valence-electron chi connectivity index (χ2n) is 8.11. The highest BCUT2D eigenvalue weighted by molar-refractivity contribution is 7.90. The number of nitrogens with zero attached hydrogens (tertiary/aromatic N) is 4. The van der Waals surface area contributed by atoms with E-state index in [1.165, 1.54) is 16.8 Å². The molecule has 0 bridgehead atoms. The number of benzene rings is 1. The maximum Gasteiger partial charge on any atom is 0.333 e. The Kier molecular flexibility index (Phi) is 6.43. The molecule has 0 spiro atoms. The van der Waals surface area contributed by atoms with Crippen LogP contribution in [0.5, 0.6) is 0 Å². The number of amides is 2. The summed E-state index contributed by atoms with van der Waals surface area (Å²) >= 11 is 0. The van der Waals surface area contributed by atoms with Crippen LogP contribution in [-0.2, 0) is 29.4 Å². The predicted octanol–water partition coefficient (Wildman–Crippen LogP) is 2.64. The third-order valence-electron chi connectivity index (χ3n) is 5.45. The predicted molar refractivity (Wildman–Crippen MR) is 122 cm³/mol. The van der Waals surface area contributed by atoms with Crippen molar-refractivity contribution in [1.82, 2.24) is 24.4 Å². The minimum absolute atomic E-state index is 0.256. The van der Waals surface area contributed by atoms with Crippen molar-refractivity contribution in [3.8, 4) is 11.1 Å². The number of halogens is 1. The van der Waals surface area contributed by atoms with E-state index < -0.39 is 16.1 Å². The Balaban J connectivity index is 1.58. The molecule has 2 amide bonds. The van der Waals surface area contributed by atoms with E-state index in [-0.39, 0.29) is 10.8 Å². The van der Waals surface area contributed by atoms with Gasteiger partial charge in [-0.2, -0.15) is 13.5 Å². The number of hydrogen-bond acceptors (Lipinski definition) is 6. The molecule has 4 rings (SSSR count). The Morgan fingerprint density at radius 1 is 1.24 bits per heavy atom. The molecule has 0 aliphatic heterocycles. The van der Waals surface area contributed by atoms with Gasteiger partial charge in [-0.1, -0.05) is 6.07 Å². The molecule has 1 aliphatic rings. The van der Waals surface area contributed by atoms with E-state index in [1.54, 1.807) is 30.7 Å². The van der Waals surface area contributed by atoms with Gasteiger partial charge in [-0.05, 0) is 62.7 Å². The van der Waals surface area contributed by atoms with Gasteiger partial charge in [-0.15, -0.1) is 0 Å². The van der Waals surface area contributed by atoms with Gasteiger partial charge in [0.1, 0.15) is 5.82 Å². The lowest BCUT2D eigenvalue weighted by Crippen LogP contribution is -2.35. The van der Waals surface area contributed by atoms with Crippen LogP contribution in [0.25, 0.3) is 11.1 Å². The largest absolute Gasteiger partial charge is 0.333 e. The third kappa shape index (κ3) is 5.04. The quantitative estimate of drug-likeness (QED) is 0.547. The molecule has 1 aromatic carbocycles. The Bertz CT molecular complexity index is 1270. The molecule has 0 unspecified atom stereocenters. The van der Waals surface area contributed by atoms with E-state index in [0.717, 1.165) is 6.42 Å². The SMILES string of the molecule is CN(C)CCn1ccc(S(=O)(=O)NC(=O)Nc2c(-c3cccnc3)cc(F)c3c2CCC3)n1. The lowest BCUT2D eigenvalue weighted by atomic mass is 9.97. The summed E-state index contributed by atoms with van der Waals surface area (Å²) in [6, 6.07) is 5.22. The lowest BCUT2D eigenvalue weighted by molar-refractivity contribution is 0.256. The van der Waals surface area contributed by atoms with Crippen LogP contribution in [-0.4, -0.2) is 54.8 Å². The molecule has 9 nitrogen and oxygen atoms in total. The molecular weight excluding hydrogens is 447 g/mol. The number of aromatic nitrogens is 3. The molecule has 0 saturated carbocycles. The maximum atomic E-state index is 14.7. The zero-order valence-corrected chi connectivity index (χ0v) is 19.2. The maximum absolute atomic E-state index is 14.7. The molecule has 2 aromatic heterocycles. The number of nitrogens with one attached hydrogen (secondary N) is 2. The van der Waals surface area contributed by atoms with Crippen LogP contribution >= 0.6 is 0 Å². The summed E-state index contributed by atoms with van der Waals surface area (Å²) in [4.78, 5) is 18.8. The van der Waals surface area contributed by atoms with Crippen LogP contribution in [0, 0.1) is 5.82 Å². The van der Waals surface area contributed by atoms with Gasteiger partial charge in [0.05, 0.1) is 12.2 Å². The summed E-state index contributed by atoms with van der Waals surface area (Å²) in [6.07, 6.45) is 6.60. The van der Waals surface area contributed by atoms with Crippen LogP contribution < -0.4 is 10.0 Å². The van der Waals surface area contributed by atoms with Crippen molar-refractivity contribution in [2.75, 3.05) is 26.0 Å². The zero-order chi connectivity index (χ0) is 23.6. The number of urea groups is 1. The first-order valence-electron chi connectivity index (χ1n) is 10.5. The summed E-state index contributed by atoms with van der Waals surface area (Å²) in [7, 11) is -0.387. The highest BCUT2D eigenvalue weighted by Crippen LogP contribution is 2.39. The van der Waals surface area contributed by atoms with Crippen molar-refractivity contribution in [3.63, 3.8) is 0 Å². The van der Waals surface area contributed by atoms with Gasteiger partial charge in [0.2, 0.25) is 0 Å². The molecule has 0 atom stereocenters. The highest BCUT2D eigenvalue weighted by atomic mass is 32.2. The van der Waals surface area contributed by atoms with Crippen molar-refractivity contribution in [2.24, 2.45) is 0 Å². The number of carbonyl (C=O) groups excluding carboxylic acids is 1. The average Bonchev–Trinajstić information content (AvgIpc) is 3.45. The standard InChI is InChI=1S/C22H25FN6O3S/c1-28(2)11-12-29-10-8-20(26-29)33(31,32)27-22(30)25-21-17-7-3-6-16(17)19(23)13-18(21)15-5-4-9-24-14-15/h4-5,8-10,13-14H,3,6-7,11-12H2,1-2H3,(H2,25,27,30).